The molecule has 2 heterocycles. The first kappa shape index (κ1) is 15.1. The lowest BCUT2D eigenvalue weighted by Gasteiger charge is -2.08. The third kappa shape index (κ3) is 2.79. The highest BCUT2D eigenvalue weighted by molar-refractivity contribution is 6.04. The van der Waals surface area contributed by atoms with Crippen LogP contribution in [-0.4, -0.2) is 15.3 Å². The minimum atomic E-state index is -0.692. The number of hydrogen-bond acceptors (Lipinski definition) is 2. The van der Waals surface area contributed by atoms with Crippen molar-refractivity contribution in [3.63, 3.8) is 0 Å². The molecule has 3 aromatic rings. The summed E-state index contributed by atoms with van der Waals surface area (Å²) in [6.45, 7) is 3.78. The van der Waals surface area contributed by atoms with Crippen LogP contribution in [0.25, 0.3) is 5.65 Å². The van der Waals surface area contributed by atoms with Gasteiger partial charge in [0.25, 0.3) is 5.91 Å². The van der Waals surface area contributed by atoms with E-state index in [0.29, 0.717) is 23.5 Å². The fourth-order valence-electron chi connectivity index (χ4n) is 2.46. The summed E-state index contributed by atoms with van der Waals surface area (Å²) < 4.78 is 28.7. The smallest absolute Gasteiger partial charge is 0.274 e. The maximum atomic E-state index is 13.7. The maximum Gasteiger partial charge on any atom is 0.274 e. The third-order valence-electron chi connectivity index (χ3n) is 3.57. The van der Waals surface area contributed by atoms with Crippen LogP contribution < -0.4 is 5.32 Å². The first-order valence-electron chi connectivity index (χ1n) is 7.23. The number of benzene rings is 1. The number of nitrogens with one attached hydrogen (secondary N) is 1. The Labute approximate surface area is 131 Å². The zero-order valence-electron chi connectivity index (χ0n) is 12.7. The summed E-state index contributed by atoms with van der Waals surface area (Å²) in [6, 6.07) is 6.64. The Morgan fingerprint density at radius 1 is 1.26 bits per heavy atom. The summed E-state index contributed by atoms with van der Waals surface area (Å²) in [4.78, 5) is 17.0. The van der Waals surface area contributed by atoms with Crippen molar-refractivity contribution in [2.24, 2.45) is 0 Å². The van der Waals surface area contributed by atoms with Crippen molar-refractivity contribution in [2.75, 3.05) is 5.32 Å². The summed E-state index contributed by atoms with van der Waals surface area (Å²) in [5, 5.41) is 2.42. The Morgan fingerprint density at radius 2 is 2.04 bits per heavy atom. The van der Waals surface area contributed by atoms with Gasteiger partial charge in [-0.2, -0.15) is 0 Å². The lowest BCUT2D eigenvalue weighted by Crippen LogP contribution is -2.17. The van der Waals surface area contributed by atoms with E-state index in [4.69, 9.17) is 0 Å². The van der Waals surface area contributed by atoms with Crippen molar-refractivity contribution >= 4 is 17.2 Å². The fraction of sp³-hybridized carbons (Fsp3) is 0.176. The fourth-order valence-corrected chi connectivity index (χ4v) is 2.46. The van der Waals surface area contributed by atoms with E-state index in [2.05, 4.69) is 10.3 Å². The first-order chi connectivity index (χ1) is 11.0. The highest BCUT2D eigenvalue weighted by Crippen LogP contribution is 2.19. The number of amides is 1. The molecule has 0 radical (unpaired) electrons. The van der Waals surface area contributed by atoms with Crippen molar-refractivity contribution in [2.45, 2.75) is 20.3 Å². The van der Waals surface area contributed by atoms with E-state index >= 15 is 0 Å². The summed E-state index contributed by atoms with van der Waals surface area (Å²) in [6.07, 6.45) is 2.34. The number of fused-ring (bicyclic) bond motifs is 1. The van der Waals surface area contributed by atoms with Crippen LogP contribution in [0, 0.1) is 18.6 Å². The molecule has 4 nitrogen and oxygen atoms in total. The van der Waals surface area contributed by atoms with Crippen LogP contribution in [0.1, 0.15) is 28.7 Å². The van der Waals surface area contributed by atoms with Crippen molar-refractivity contribution in [1.29, 1.82) is 0 Å². The molecule has 0 aliphatic rings. The Balaban J connectivity index is 2.06. The lowest BCUT2D eigenvalue weighted by molar-refractivity contribution is 0.102. The van der Waals surface area contributed by atoms with Crippen LogP contribution in [0.4, 0.5) is 14.5 Å². The van der Waals surface area contributed by atoms with Crippen LogP contribution in [0.2, 0.25) is 0 Å². The molecule has 0 saturated heterocycles. The largest absolute Gasteiger partial charge is 0.318 e. The lowest BCUT2D eigenvalue weighted by atomic mass is 10.2. The number of anilines is 1. The molecule has 3 rings (SSSR count). The molecule has 23 heavy (non-hydrogen) atoms. The van der Waals surface area contributed by atoms with E-state index < -0.39 is 17.5 Å². The Morgan fingerprint density at radius 3 is 2.78 bits per heavy atom. The zero-order valence-corrected chi connectivity index (χ0v) is 12.7. The van der Waals surface area contributed by atoms with Crippen LogP contribution in [0.5, 0.6) is 0 Å². The number of aromatic nitrogens is 2. The number of pyridine rings is 1. The van der Waals surface area contributed by atoms with Gasteiger partial charge in [-0.15, -0.1) is 0 Å². The van der Waals surface area contributed by atoms with Gasteiger partial charge >= 0.3 is 0 Å². The molecule has 1 N–H and O–H groups in total. The average molecular weight is 315 g/mol. The number of carbonyl (C=O) groups is 1. The Hall–Kier alpha value is -2.76. The van der Waals surface area contributed by atoms with E-state index in [1.807, 2.05) is 26.0 Å². The van der Waals surface area contributed by atoms with Gasteiger partial charge in [0.2, 0.25) is 0 Å². The number of rotatable bonds is 3. The number of halogens is 2. The van der Waals surface area contributed by atoms with E-state index in [1.54, 1.807) is 10.6 Å². The molecule has 0 saturated carbocycles. The Kier molecular flexibility index (Phi) is 3.82. The molecule has 0 bridgehead atoms. The molecule has 1 amide bonds. The standard InChI is InChI=1S/C17H15F2N3O/c1-3-13-16(22-9-10(2)4-7-15(22)20-13)17(23)21-14-8-11(18)5-6-12(14)19/h4-9H,3H2,1-2H3,(H,21,23). The summed E-state index contributed by atoms with van der Waals surface area (Å²) in [7, 11) is 0. The molecule has 0 spiro atoms. The Bertz CT molecular complexity index is 902. The van der Waals surface area contributed by atoms with E-state index in [1.165, 1.54) is 0 Å². The van der Waals surface area contributed by atoms with Crippen LogP contribution in [0.15, 0.2) is 36.5 Å². The molecule has 0 unspecified atom stereocenters. The molecule has 0 atom stereocenters. The van der Waals surface area contributed by atoms with Gasteiger partial charge < -0.3 is 5.32 Å². The predicted octanol–water partition coefficient (Wildman–Crippen LogP) is 3.74. The van der Waals surface area contributed by atoms with Crippen molar-refractivity contribution in [1.82, 2.24) is 9.38 Å². The molecule has 6 heteroatoms. The van der Waals surface area contributed by atoms with Crippen molar-refractivity contribution < 1.29 is 13.6 Å². The topological polar surface area (TPSA) is 46.4 Å². The average Bonchev–Trinajstić information content (AvgIpc) is 2.88. The quantitative estimate of drug-likeness (QED) is 0.800. The highest BCUT2D eigenvalue weighted by Gasteiger charge is 2.19. The second-order valence-electron chi connectivity index (χ2n) is 5.27. The number of hydrogen-bond donors (Lipinski definition) is 1. The normalized spacial score (nSPS) is 11.0. The zero-order chi connectivity index (χ0) is 16.6. The number of aryl methyl sites for hydroxylation is 2. The monoisotopic (exact) mass is 315 g/mol. The van der Waals surface area contributed by atoms with Crippen LogP contribution >= 0.6 is 0 Å². The second-order valence-corrected chi connectivity index (χ2v) is 5.27. The van der Waals surface area contributed by atoms with Gasteiger partial charge in [-0.25, -0.2) is 13.8 Å². The van der Waals surface area contributed by atoms with Gasteiger partial charge in [-0.1, -0.05) is 13.0 Å². The van der Waals surface area contributed by atoms with Gasteiger partial charge in [0, 0.05) is 12.3 Å². The molecule has 2 aromatic heterocycles. The first-order valence-corrected chi connectivity index (χ1v) is 7.23. The van der Waals surface area contributed by atoms with Crippen LogP contribution in [0.3, 0.4) is 0 Å². The molecule has 0 aliphatic carbocycles. The van der Waals surface area contributed by atoms with Crippen molar-refractivity contribution in [3.05, 3.63) is 65.1 Å². The minimum absolute atomic E-state index is 0.195. The summed E-state index contributed by atoms with van der Waals surface area (Å²) in [5.41, 5.74) is 2.33. The highest BCUT2D eigenvalue weighted by atomic mass is 19.1. The summed E-state index contributed by atoms with van der Waals surface area (Å²) >= 11 is 0. The third-order valence-corrected chi connectivity index (χ3v) is 3.57. The van der Waals surface area contributed by atoms with Crippen LogP contribution in [-0.2, 0) is 6.42 Å². The number of imidazole rings is 1. The molecule has 1 aromatic carbocycles. The molecular formula is C17H15F2N3O. The SMILES string of the molecule is CCc1nc2ccc(C)cn2c1C(=O)Nc1cc(F)ccc1F. The van der Waals surface area contributed by atoms with Gasteiger partial charge in [-0.05, 0) is 37.1 Å². The van der Waals surface area contributed by atoms with E-state index in [0.717, 1.165) is 23.8 Å². The molecule has 0 aliphatic heterocycles. The molecular weight excluding hydrogens is 300 g/mol. The van der Waals surface area contributed by atoms with Gasteiger partial charge in [-0.3, -0.25) is 9.20 Å². The maximum absolute atomic E-state index is 13.7. The minimum Gasteiger partial charge on any atom is -0.318 e. The second kappa shape index (κ2) is 5.79. The van der Waals surface area contributed by atoms with E-state index in [9.17, 15) is 13.6 Å². The molecule has 118 valence electrons. The van der Waals surface area contributed by atoms with Crippen molar-refractivity contribution in [3.8, 4) is 0 Å². The van der Waals surface area contributed by atoms with Gasteiger partial charge in [0.1, 0.15) is 23.0 Å². The van der Waals surface area contributed by atoms with Gasteiger partial charge in [0.15, 0.2) is 0 Å². The summed E-state index contributed by atoms with van der Waals surface area (Å²) in [5.74, 6) is -1.83. The van der Waals surface area contributed by atoms with Gasteiger partial charge in [0.05, 0.1) is 11.4 Å². The number of nitrogens with zero attached hydrogens (tertiary/aromatic N) is 2. The van der Waals surface area contributed by atoms with E-state index in [-0.39, 0.29) is 5.69 Å². The molecule has 0 fully saturated rings. The predicted molar refractivity (Wildman–Crippen MR) is 83.6 cm³/mol. The number of carbonyl (C=O) groups excluding carboxylic acids is 1.